The maximum absolute atomic E-state index is 5.81. The highest BCUT2D eigenvalue weighted by molar-refractivity contribution is 8.13. The van der Waals surface area contributed by atoms with Crippen LogP contribution >= 0.6 is 46.6 Å². The van der Waals surface area contributed by atoms with Gasteiger partial charge in [0.05, 0.1) is 5.69 Å². The number of nitrogens with one attached hydrogen (secondary N) is 1. The first-order chi connectivity index (χ1) is 12.5. The van der Waals surface area contributed by atoms with Crippen LogP contribution in [0.3, 0.4) is 0 Å². The third-order valence-electron chi connectivity index (χ3n) is 2.85. The molecule has 0 heterocycles. The second kappa shape index (κ2) is 14.9. The van der Waals surface area contributed by atoms with Gasteiger partial charge in [-0.15, -0.1) is 23.4 Å². The van der Waals surface area contributed by atoms with Crippen LogP contribution in [-0.2, 0) is 5.88 Å². The molecule has 0 fully saturated rings. The van der Waals surface area contributed by atoms with Crippen molar-refractivity contribution in [3.05, 3.63) is 63.6 Å². The van der Waals surface area contributed by atoms with Crippen LogP contribution in [0.1, 0.15) is 25.0 Å². The molecule has 142 valence electrons. The molecule has 7 heteroatoms. The fraction of sp³-hybridized carbons (Fsp3) is 0.263. The molecular weight excluding hydrogens is 409 g/mol. The van der Waals surface area contributed by atoms with Gasteiger partial charge in [0, 0.05) is 28.5 Å². The Bertz CT molecular complexity index is 689. The fourth-order valence-corrected chi connectivity index (χ4v) is 2.84. The first-order valence-electron chi connectivity index (χ1n) is 7.91. The Morgan fingerprint density at radius 1 is 1.12 bits per heavy atom. The lowest BCUT2D eigenvalue weighted by molar-refractivity contribution is 0.906. The second-order valence-electron chi connectivity index (χ2n) is 4.42. The van der Waals surface area contributed by atoms with E-state index in [2.05, 4.69) is 22.2 Å². The molecule has 1 N–H and O–H groups in total. The molecule has 0 spiro atoms. The van der Waals surface area contributed by atoms with Crippen molar-refractivity contribution in [2.75, 3.05) is 13.3 Å². The summed E-state index contributed by atoms with van der Waals surface area (Å²) >= 11 is 18.8. The average Bonchev–Trinajstić information content (AvgIpc) is 2.69. The van der Waals surface area contributed by atoms with Gasteiger partial charge in [-0.25, -0.2) is 0 Å². The molecule has 0 aromatic heterocycles. The smallest absolute Gasteiger partial charge is 0.123 e. The predicted octanol–water partition coefficient (Wildman–Crippen LogP) is 7.02. The monoisotopic (exact) mass is 431 g/mol. The Labute approximate surface area is 175 Å². The molecule has 0 amide bonds. The van der Waals surface area contributed by atoms with Gasteiger partial charge < -0.3 is 5.43 Å². The summed E-state index contributed by atoms with van der Waals surface area (Å²) in [6.07, 6.45) is 1.99. The Hall–Kier alpha value is -1.20. The van der Waals surface area contributed by atoms with Gasteiger partial charge in [-0.05, 0) is 48.9 Å². The van der Waals surface area contributed by atoms with Gasteiger partial charge in [-0.1, -0.05) is 49.2 Å². The van der Waals surface area contributed by atoms with Gasteiger partial charge in [-0.2, -0.15) is 5.10 Å². The van der Waals surface area contributed by atoms with E-state index < -0.39 is 0 Å². The Balaban J connectivity index is 0.000000444. The molecule has 0 saturated heterocycles. The molecule has 2 aromatic carbocycles. The summed E-state index contributed by atoms with van der Waals surface area (Å²) in [7, 11) is 1.78. The van der Waals surface area contributed by atoms with E-state index in [-0.39, 0.29) is 0 Å². The molecule has 0 atom stereocenters. The van der Waals surface area contributed by atoms with Crippen LogP contribution in [0.15, 0.2) is 52.6 Å². The minimum absolute atomic E-state index is 0.405. The van der Waals surface area contributed by atoms with Crippen LogP contribution in [0, 0.1) is 0 Å². The highest BCUT2D eigenvalue weighted by Gasteiger charge is 2.00. The van der Waals surface area contributed by atoms with Crippen LogP contribution in [0.4, 0.5) is 5.69 Å². The Morgan fingerprint density at radius 3 is 2.19 bits per heavy atom. The van der Waals surface area contributed by atoms with Crippen molar-refractivity contribution in [3.8, 4) is 0 Å². The number of hydrogen-bond donors (Lipinski definition) is 1. The standard InChI is InChI=1S/C9H11ClN2S.C8H7Cl2N.C2H6/c1-11-12-9(13-2)7-3-5-8(10)6-4-7;1-11-7-2-3-8(10)6(4-7)5-9;1-2/h3-6,11H,1-2H3;2-4H,1,5H2;1-2H3/b12-9-;;. The number of hydrazone groups is 1. The van der Waals surface area contributed by atoms with Crippen LogP contribution in [0.5, 0.6) is 0 Å². The second-order valence-corrected chi connectivity index (χ2v) is 6.32. The summed E-state index contributed by atoms with van der Waals surface area (Å²) in [4.78, 5) is 3.75. The number of hydrogen-bond acceptors (Lipinski definition) is 4. The molecular formula is C19H24Cl3N3S. The molecule has 0 saturated carbocycles. The first-order valence-corrected chi connectivity index (χ1v) is 10.4. The number of aliphatic imine (C=N–C) groups is 1. The molecule has 26 heavy (non-hydrogen) atoms. The van der Waals surface area contributed by atoms with Crippen LogP contribution < -0.4 is 5.43 Å². The van der Waals surface area contributed by atoms with Gasteiger partial charge in [-0.3, -0.25) is 4.99 Å². The molecule has 2 aromatic rings. The number of alkyl halides is 1. The largest absolute Gasteiger partial charge is 0.312 e. The normalized spacial score (nSPS) is 10.0. The van der Waals surface area contributed by atoms with Gasteiger partial charge in [0.15, 0.2) is 0 Å². The highest BCUT2D eigenvalue weighted by Crippen LogP contribution is 2.23. The van der Waals surface area contributed by atoms with Crippen molar-refractivity contribution >= 4 is 64.0 Å². The highest BCUT2D eigenvalue weighted by atomic mass is 35.5. The van der Waals surface area contributed by atoms with Gasteiger partial charge in [0.25, 0.3) is 0 Å². The van der Waals surface area contributed by atoms with Crippen LogP contribution in [0.2, 0.25) is 10.0 Å². The quantitative estimate of drug-likeness (QED) is 0.244. The summed E-state index contributed by atoms with van der Waals surface area (Å²) < 4.78 is 0. The fourth-order valence-electron chi connectivity index (χ4n) is 1.68. The van der Waals surface area contributed by atoms with Crippen molar-refractivity contribution in [2.24, 2.45) is 10.1 Å². The van der Waals surface area contributed by atoms with E-state index >= 15 is 0 Å². The average molecular weight is 433 g/mol. The summed E-state index contributed by atoms with van der Waals surface area (Å²) in [5.74, 6) is 0.405. The maximum atomic E-state index is 5.81. The lowest BCUT2D eigenvalue weighted by Gasteiger charge is -2.02. The molecule has 0 bridgehead atoms. The molecule has 0 radical (unpaired) electrons. The molecule has 0 aliphatic carbocycles. The number of benzene rings is 2. The zero-order chi connectivity index (χ0) is 19.9. The van der Waals surface area contributed by atoms with Crippen molar-refractivity contribution in [1.82, 2.24) is 5.43 Å². The Morgan fingerprint density at radius 2 is 1.73 bits per heavy atom. The van der Waals surface area contributed by atoms with Crippen molar-refractivity contribution in [1.29, 1.82) is 0 Å². The topological polar surface area (TPSA) is 36.8 Å². The summed E-state index contributed by atoms with van der Waals surface area (Å²) in [6, 6.07) is 13.0. The zero-order valence-electron chi connectivity index (χ0n) is 15.4. The van der Waals surface area contributed by atoms with E-state index in [1.807, 2.05) is 50.4 Å². The van der Waals surface area contributed by atoms with E-state index in [1.165, 1.54) is 0 Å². The molecule has 2 rings (SSSR count). The van der Waals surface area contributed by atoms with Crippen molar-refractivity contribution in [3.63, 3.8) is 0 Å². The molecule has 0 unspecified atom stereocenters. The third-order valence-corrected chi connectivity index (χ3v) is 4.48. The predicted molar refractivity (Wildman–Crippen MR) is 122 cm³/mol. The van der Waals surface area contributed by atoms with Gasteiger partial charge in [0.2, 0.25) is 0 Å². The Kier molecular flexibility index (Phi) is 14.2. The number of nitrogens with zero attached hydrogens (tertiary/aromatic N) is 2. The lowest BCUT2D eigenvalue weighted by Crippen LogP contribution is -2.02. The minimum atomic E-state index is 0.405. The van der Waals surface area contributed by atoms with Crippen LogP contribution in [0.25, 0.3) is 0 Å². The molecule has 3 nitrogen and oxygen atoms in total. The zero-order valence-corrected chi connectivity index (χ0v) is 18.5. The third kappa shape index (κ3) is 8.95. The van der Waals surface area contributed by atoms with E-state index in [0.29, 0.717) is 10.9 Å². The molecule has 0 aliphatic heterocycles. The SMILES string of the molecule is C=Nc1ccc(Cl)c(CCl)c1.CC.CN/N=C(\SC)c1ccc(Cl)cc1. The summed E-state index contributed by atoms with van der Waals surface area (Å²) in [5, 5.41) is 6.50. The molecule has 0 aliphatic rings. The first kappa shape index (κ1) is 24.8. The number of rotatable bonds is 4. The minimum Gasteiger partial charge on any atom is -0.312 e. The van der Waals surface area contributed by atoms with Crippen LogP contribution in [-0.4, -0.2) is 25.1 Å². The lowest BCUT2D eigenvalue weighted by atomic mass is 10.2. The van der Waals surface area contributed by atoms with Crippen molar-refractivity contribution in [2.45, 2.75) is 19.7 Å². The van der Waals surface area contributed by atoms with Gasteiger partial charge >= 0.3 is 0 Å². The number of thioether (sulfide) groups is 1. The van der Waals surface area contributed by atoms with E-state index in [9.17, 15) is 0 Å². The maximum Gasteiger partial charge on any atom is 0.123 e. The van der Waals surface area contributed by atoms with Gasteiger partial charge in [0.1, 0.15) is 5.04 Å². The summed E-state index contributed by atoms with van der Waals surface area (Å²) in [6.45, 7) is 7.40. The van der Waals surface area contributed by atoms with Crippen molar-refractivity contribution < 1.29 is 0 Å². The van der Waals surface area contributed by atoms with E-state index in [0.717, 1.165) is 26.9 Å². The van der Waals surface area contributed by atoms with E-state index in [1.54, 1.807) is 30.9 Å². The van der Waals surface area contributed by atoms with E-state index in [4.69, 9.17) is 34.8 Å². The summed E-state index contributed by atoms with van der Waals surface area (Å²) in [5.41, 5.74) is 5.52. The number of halogens is 3.